The van der Waals surface area contributed by atoms with Crippen LogP contribution in [0, 0.1) is 0 Å². The van der Waals surface area contributed by atoms with E-state index in [1.165, 1.54) is 0 Å². The molecule has 0 fully saturated rings. The summed E-state index contributed by atoms with van der Waals surface area (Å²) in [6.07, 6.45) is 5.52. The van der Waals surface area contributed by atoms with Crippen molar-refractivity contribution in [3.63, 3.8) is 0 Å². The number of hydrogen-bond donors (Lipinski definition) is 1. The lowest BCUT2D eigenvalue weighted by Gasteiger charge is -2.09. The molecule has 0 spiro atoms. The monoisotopic (exact) mass is 374 g/mol. The van der Waals surface area contributed by atoms with Crippen LogP contribution in [0.15, 0.2) is 73.2 Å². The molecule has 2 heterocycles. The molecule has 7 nitrogen and oxygen atoms in total. The smallest absolute Gasteiger partial charge is 0.262 e. The number of nitrogens with zero attached hydrogens (tertiary/aromatic N) is 3. The van der Waals surface area contributed by atoms with Gasteiger partial charge in [0.15, 0.2) is 6.61 Å². The van der Waals surface area contributed by atoms with E-state index < -0.39 is 0 Å². The minimum absolute atomic E-state index is 0.0903. The summed E-state index contributed by atoms with van der Waals surface area (Å²) in [5.41, 5.74) is 2.44. The van der Waals surface area contributed by atoms with E-state index in [4.69, 9.17) is 9.47 Å². The summed E-state index contributed by atoms with van der Waals surface area (Å²) in [5.74, 6) is 1.65. The lowest BCUT2D eigenvalue weighted by Crippen LogP contribution is -2.20. The maximum Gasteiger partial charge on any atom is 0.262 e. The Balaban J connectivity index is 1.37. The molecule has 1 amide bonds. The Labute approximate surface area is 161 Å². The fourth-order valence-corrected chi connectivity index (χ4v) is 2.73. The van der Waals surface area contributed by atoms with Crippen LogP contribution in [0.3, 0.4) is 0 Å². The number of imidazole rings is 1. The molecule has 28 heavy (non-hydrogen) atoms. The Kier molecular flexibility index (Phi) is 4.88. The first-order chi connectivity index (χ1) is 13.7. The number of carbonyl (C=O) groups excluding carboxylic acids is 1. The second kappa shape index (κ2) is 7.79. The number of nitrogens with one attached hydrogen (secondary N) is 1. The summed E-state index contributed by atoms with van der Waals surface area (Å²) in [5, 5.41) is 2.81. The lowest BCUT2D eigenvalue weighted by atomic mass is 10.1. The summed E-state index contributed by atoms with van der Waals surface area (Å²) >= 11 is 0. The van der Waals surface area contributed by atoms with Crippen LogP contribution in [0.4, 0.5) is 5.69 Å². The molecule has 1 N–H and O–H groups in total. The largest absolute Gasteiger partial charge is 0.497 e. The third-order valence-corrected chi connectivity index (χ3v) is 4.11. The number of carbonyl (C=O) groups is 1. The van der Waals surface area contributed by atoms with Gasteiger partial charge >= 0.3 is 0 Å². The van der Waals surface area contributed by atoms with Crippen molar-refractivity contribution in [2.45, 2.75) is 0 Å². The second-order valence-electron chi connectivity index (χ2n) is 6.05. The Morgan fingerprint density at radius 1 is 1.11 bits per heavy atom. The minimum Gasteiger partial charge on any atom is -0.497 e. The van der Waals surface area contributed by atoms with Crippen LogP contribution in [-0.2, 0) is 4.79 Å². The van der Waals surface area contributed by atoms with Crippen molar-refractivity contribution >= 4 is 17.4 Å². The number of rotatable bonds is 6. The number of fused-ring (bicyclic) bond motifs is 1. The standard InChI is InChI=1S/C21H18N4O3/c1-27-17-4-2-5-18(12-17)28-14-20(26)23-16-8-6-15(7-9-16)19-13-25-11-3-10-22-21(25)24-19/h2-13H,14H2,1H3,(H,23,26). The molecule has 140 valence electrons. The molecule has 7 heteroatoms. The maximum atomic E-state index is 12.1. The molecule has 0 saturated carbocycles. The highest BCUT2D eigenvalue weighted by Gasteiger charge is 2.07. The molecule has 0 bridgehead atoms. The summed E-state index contributed by atoms with van der Waals surface area (Å²) in [6.45, 7) is -0.0903. The van der Waals surface area contributed by atoms with E-state index >= 15 is 0 Å². The molecule has 2 aromatic heterocycles. The topological polar surface area (TPSA) is 77.8 Å². The van der Waals surface area contributed by atoms with Crippen molar-refractivity contribution in [2.75, 3.05) is 19.0 Å². The zero-order valence-corrected chi connectivity index (χ0v) is 15.2. The van der Waals surface area contributed by atoms with E-state index in [1.54, 1.807) is 31.5 Å². The van der Waals surface area contributed by atoms with Gasteiger partial charge in [0.1, 0.15) is 11.5 Å². The van der Waals surface area contributed by atoms with Gasteiger partial charge in [-0.2, -0.15) is 0 Å². The van der Waals surface area contributed by atoms with Gasteiger partial charge in [-0.3, -0.25) is 9.20 Å². The second-order valence-corrected chi connectivity index (χ2v) is 6.05. The maximum absolute atomic E-state index is 12.1. The highest BCUT2D eigenvalue weighted by Crippen LogP contribution is 2.21. The fourth-order valence-electron chi connectivity index (χ4n) is 2.73. The zero-order valence-electron chi connectivity index (χ0n) is 15.2. The van der Waals surface area contributed by atoms with Crippen LogP contribution in [0.5, 0.6) is 11.5 Å². The van der Waals surface area contributed by atoms with Crippen molar-refractivity contribution in [1.82, 2.24) is 14.4 Å². The van der Waals surface area contributed by atoms with Crippen LogP contribution in [0.2, 0.25) is 0 Å². The van der Waals surface area contributed by atoms with Crippen molar-refractivity contribution in [1.29, 1.82) is 0 Å². The van der Waals surface area contributed by atoms with E-state index in [-0.39, 0.29) is 12.5 Å². The normalized spacial score (nSPS) is 10.6. The molecule has 2 aromatic carbocycles. The molecule has 0 unspecified atom stereocenters. The van der Waals surface area contributed by atoms with Gasteiger partial charge in [0, 0.05) is 35.9 Å². The molecule has 0 aliphatic rings. The van der Waals surface area contributed by atoms with E-state index in [0.717, 1.165) is 11.3 Å². The van der Waals surface area contributed by atoms with Crippen LogP contribution in [-0.4, -0.2) is 34.0 Å². The Morgan fingerprint density at radius 3 is 2.71 bits per heavy atom. The average molecular weight is 374 g/mol. The summed E-state index contributed by atoms with van der Waals surface area (Å²) in [6, 6.07) is 16.4. The predicted octanol–water partition coefficient (Wildman–Crippen LogP) is 3.42. The van der Waals surface area contributed by atoms with Crippen molar-refractivity contribution in [3.05, 3.63) is 73.2 Å². The van der Waals surface area contributed by atoms with Gasteiger partial charge in [-0.25, -0.2) is 9.97 Å². The molecule has 0 aliphatic carbocycles. The number of anilines is 1. The first kappa shape index (κ1) is 17.5. The Hall–Kier alpha value is -3.87. The SMILES string of the molecule is COc1cccc(OCC(=O)Nc2ccc(-c3cn4cccnc4n3)cc2)c1. The summed E-state index contributed by atoms with van der Waals surface area (Å²) in [4.78, 5) is 20.8. The van der Waals surface area contributed by atoms with E-state index in [0.29, 0.717) is 23.0 Å². The van der Waals surface area contributed by atoms with Crippen LogP contribution < -0.4 is 14.8 Å². The number of benzene rings is 2. The molecule has 0 radical (unpaired) electrons. The van der Waals surface area contributed by atoms with Crippen LogP contribution in [0.25, 0.3) is 17.0 Å². The minimum atomic E-state index is -0.243. The first-order valence-corrected chi connectivity index (χ1v) is 8.68. The number of ether oxygens (including phenoxy) is 2. The summed E-state index contributed by atoms with van der Waals surface area (Å²) < 4.78 is 12.5. The molecule has 4 rings (SSSR count). The van der Waals surface area contributed by atoms with Gasteiger partial charge in [-0.05, 0) is 30.3 Å². The molecule has 0 saturated heterocycles. The van der Waals surface area contributed by atoms with Gasteiger partial charge in [0.2, 0.25) is 5.78 Å². The van der Waals surface area contributed by atoms with Crippen molar-refractivity contribution < 1.29 is 14.3 Å². The first-order valence-electron chi connectivity index (χ1n) is 8.68. The highest BCUT2D eigenvalue weighted by molar-refractivity contribution is 5.92. The predicted molar refractivity (Wildman–Crippen MR) is 106 cm³/mol. The molecule has 4 aromatic rings. The van der Waals surface area contributed by atoms with Gasteiger partial charge in [0.05, 0.1) is 12.8 Å². The van der Waals surface area contributed by atoms with E-state index in [9.17, 15) is 4.79 Å². The van der Waals surface area contributed by atoms with Gasteiger partial charge in [-0.15, -0.1) is 0 Å². The molecule has 0 atom stereocenters. The number of amides is 1. The fraction of sp³-hybridized carbons (Fsp3) is 0.0952. The third kappa shape index (κ3) is 3.93. The quantitative estimate of drug-likeness (QED) is 0.559. The highest BCUT2D eigenvalue weighted by atomic mass is 16.5. The number of methoxy groups -OCH3 is 1. The summed E-state index contributed by atoms with van der Waals surface area (Å²) in [7, 11) is 1.58. The zero-order chi connectivity index (χ0) is 19.3. The Bertz CT molecular complexity index is 1070. The van der Waals surface area contributed by atoms with Crippen LogP contribution in [0.1, 0.15) is 0 Å². The van der Waals surface area contributed by atoms with Gasteiger partial charge < -0.3 is 14.8 Å². The number of aromatic nitrogens is 3. The van der Waals surface area contributed by atoms with E-state index in [1.807, 2.05) is 53.2 Å². The average Bonchev–Trinajstić information content (AvgIpc) is 3.17. The third-order valence-electron chi connectivity index (χ3n) is 4.11. The molecular weight excluding hydrogens is 356 g/mol. The van der Waals surface area contributed by atoms with Crippen LogP contribution >= 0.6 is 0 Å². The Morgan fingerprint density at radius 2 is 1.93 bits per heavy atom. The lowest BCUT2D eigenvalue weighted by molar-refractivity contribution is -0.118. The van der Waals surface area contributed by atoms with Crippen molar-refractivity contribution in [3.8, 4) is 22.8 Å². The van der Waals surface area contributed by atoms with Gasteiger partial charge in [-0.1, -0.05) is 18.2 Å². The van der Waals surface area contributed by atoms with Crippen molar-refractivity contribution in [2.24, 2.45) is 0 Å². The molecular formula is C21H18N4O3. The molecule has 0 aliphatic heterocycles. The van der Waals surface area contributed by atoms with Gasteiger partial charge in [0.25, 0.3) is 5.91 Å². The van der Waals surface area contributed by atoms with E-state index in [2.05, 4.69) is 15.3 Å². The number of hydrogen-bond acceptors (Lipinski definition) is 5.